The van der Waals surface area contributed by atoms with E-state index in [0.29, 0.717) is 15.1 Å². The summed E-state index contributed by atoms with van der Waals surface area (Å²) in [4.78, 5) is 10.7. The first kappa shape index (κ1) is 22.9. The van der Waals surface area contributed by atoms with Gasteiger partial charge in [-0.15, -0.1) is 11.3 Å². The molecule has 0 spiro atoms. The van der Waals surface area contributed by atoms with Crippen LogP contribution in [0.15, 0.2) is 51.0 Å². The fourth-order valence-electron chi connectivity index (χ4n) is 4.38. The van der Waals surface area contributed by atoms with Gasteiger partial charge in [-0.1, -0.05) is 30.0 Å². The number of rotatable bonds is 7. The SMILES string of the molecule is CN(c1cccc2cc(C3=NCC(CCN4CCC(O)CC4)S3)[nH]c12)S(=O)(=O)c1cccs1. The van der Waals surface area contributed by atoms with E-state index in [9.17, 15) is 13.5 Å². The molecule has 10 heteroatoms. The molecule has 4 heterocycles. The maximum Gasteiger partial charge on any atom is 0.273 e. The predicted octanol–water partition coefficient (Wildman–Crippen LogP) is 3.76. The van der Waals surface area contributed by atoms with E-state index in [1.165, 1.54) is 15.6 Å². The smallest absolute Gasteiger partial charge is 0.273 e. The van der Waals surface area contributed by atoms with Crippen LogP contribution in [0.2, 0.25) is 0 Å². The number of likely N-dealkylation sites (tertiary alicyclic amines) is 1. The molecule has 1 unspecified atom stereocenters. The molecule has 2 aliphatic heterocycles. The zero-order chi connectivity index (χ0) is 23.0. The summed E-state index contributed by atoms with van der Waals surface area (Å²) in [5.74, 6) is 0. The van der Waals surface area contributed by atoms with Crippen LogP contribution < -0.4 is 4.31 Å². The standard InChI is InChI=1S/C23H28N4O3S3/c1-26(33(29,30)21-6-3-13-31-21)20-5-2-4-16-14-19(25-22(16)20)23-24-15-18(32-23)9-12-27-10-7-17(28)8-11-27/h2-6,13-14,17-18,25,28H,7-12,15H2,1H3. The number of thioether (sulfide) groups is 1. The van der Waals surface area contributed by atoms with Gasteiger partial charge in [-0.25, -0.2) is 8.42 Å². The fraction of sp³-hybridized carbons (Fsp3) is 0.435. The monoisotopic (exact) mass is 504 g/mol. The van der Waals surface area contributed by atoms with Gasteiger partial charge in [0.05, 0.1) is 29.5 Å². The van der Waals surface area contributed by atoms with Gasteiger partial charge in [-0.2, -0.15) is 0 Å². The van der Waals surface area contributed by atoms with E-state index in [1.807, 2.05) is 18.2 Å². The normalized spacial score (nSPS) is 20.4. The van der Waals surface area contributed by atoms with Gasteiger partial charge in [0.25, 0.3) is 10.0 Å². The molecule has 0 aliphatic carbocycles. The number of hydrogen-bond donors (Lipinski definition) is 2. The first-order valence-electron chi connectivity index (χ1n) is 11.2. The number of sulfonamides is 1. The van der Waals surface area contributed by atoms with Crippen LogP contribution in [0.4, 0.5) is 5.69 Å². The number of nitrogens with one attached hydrogen (secondary N) is 1. The van der Waals surface area contributed by atoms with Crippen LogP contribution in [0, 0.1) is 0 Å². The average Bonchev–Trinajstić information content (AvgIpc) is 3.58. The highest BCUT2D eigenvalue weighted by Gasteiger charge is 2.27. The summed E-state index contributed by atoms with van der Waals surface area (Å²) < 4.78 is 27.8. The molecule has 1 saturated heterocycles. The van der Waals surface area contributed by atoms with E-state index in [0.717, 1.165) is 67.1 Å². The van der Waals surface area contributed by atoms with Gasteiger partial charge in [-0.3, -0.25) is 9.30 Å². The van der Waals surface area contributed by atoms with Gasteiger partial charge in [0.2, 0.25) is 0 Å². The van der Waals surface area contributed by atoms with Crippen molar-refractivity contribution in [3.05, 3.63) is 47.5 Å². The van der Waals surface area contributed by atoms with Crippen LogP contribution in [0.1, 0.15) is 25.0 Å². The minimum atomic E-state index is -3.60. The number of thiophene rings is 1. The highest BCUT2D eigenvalue weighted by molar-refractivity contribution is 8.15. The van der Waals surface area contributed by atoms with Crippen molar-refractivity contribution in [2.24, 2.45) is 4.99 Å². The number of aliphatic hydroxyl groups excluding tert-OH is 1. The Balaban J connectivity index is 1.29. The summed E-state index contributed by atoms with van der Waals surface area (Å²) in [6.07, 6.45) is 2.67. The summed E-state index contributed by atoms with van der Waals surface area (Å²) in [5, 5.41) is 13.9. The second-order valence-electron chi connectivity index (χ2n) is 8.58. The largest absolute Gasteiger partial charge is 0.393 e. The van der Waals surface area contributed by atoms with Gasteiger partial charge in [-0.05, 0) is 49.4 Å². The lowest BCUT2D eigenvalue weighted by atomic mass is 10.1. The number of aromatic nitrogens is 1. The third-order valence-electron chi connectivity index (χ3n) is 6.35. The lowest BCUT2D eigenvalue weighted by molar-refractivity contribution is 0.0821. The Morgan fingerprint density at radius 2 is 2.06 bits per heavy atom. The number of aliphatic hydroxyl groups is 1. The molecule has 0 saturated carbocycles. The van der Waals surface area contributed by atoms with Crippen LogP contribution in [-0.4, -0.2) is 73.0 Å². The van der Waals surface area contributed by atoms with E-state index < -0.39 is 10.0 Å². The minimum Gasteiger partial charge on any atom is -0.393 e. The van der Waals surface area contributed by atoms with Gasteiger partial charge in [0, 0.05) is 30.8 Å². The highest BCUT2D eigenvalue weighted by atomic mass is 32.2. The molecular weight excluding hydrogens is 476 g/mol. The third kappa shape index (κ3) is 4.72. The Kier molecular flexibility index (Phi) is 6.54. The van der Waals surface area contributed by atoms with Crippen LogP contribution in [0.5, 0.6) is 0 Å². The van der Waals surface area contributed by atoms with E-state index in [2.05, 4.69) is 16.0 Å². The number of H-pyrrole nitrogens is 1. The van der Waals surface area contributed by atoms with Crippen molar-refractivity contribution in [2.75, 3.05) is 37.5 Å². The number of fused-ring (bicyclic) bond motifs is 1. The van der Waals surface area contributed by atoms with Crippen LogP contribution >= 0.6 is 23.1 Å². The lowest BCUT2D eigenvalue weighted by Gasteiger charge is -2.29. The Labute approximate surface area is 202 Å². The maximum atomic E-state index is 13.0. The molecule has 0 bridgehead atoms. The summed E-state index contributed by atoms with van der Waals surface area (Å²) >= 11 is 3.02. The summed E-state index contributed by atoms with van der Waals surface area (Å²) in [7, 11) is -2.01. The van der Waals surface area contributed by atoms with Crippen molar-refractivity contribution in [1.82, 2.24) is 9.88 Å². The Bertz CT molecular complexity index is 1250. The minimum absolute atomic E-state index is 0.136. The second kappa shape index (κ2) is 9.42. The van der Waals surface area contributed by atoms with Gasteiger partial charge >= 0.3 is 0 Å². The highest BCUT2D eigenvalue weighted by Crippen LogP contribution is 2.34. The molecule has 7 nitrogen and oxygen atoms in total. The number of nitrogens with zero attached hydrogens (tertiary/aromatic N) is 3. The lowest BCUT2D eigenvalue weighted by Crippen LogP contribution is -2.37. The molecule has 5 rings (SSSR count). The quantitative estimate of drug-likeness (QED) is 0.511. The van der Waals surface area contributed by atoms with Crippen molar-refractivity contribution in [3.63, 3.8) is 0 Å². The number of aliphatic imine (C=N–C) groups is 1. The third-order valence-corrected chi connectivity index (χ3v) is 10.8. The maximum absolute atomic E-state index is 13.0. The summed E-state index contributed by atoms with van der Waals surface area (Å²) in [6.45, 7) is 3.78. The molecule has 0 radical (unpaired) electrons. The number of benzene rings is 1. The average molecular weight is 505 g/mol. The van der Waals surface area contributed by atoms with Gasteiger partial charge in [0.15, 0.2) is 0 Å². The summed E-state index contributed by atoms with van der Waals surface area (Å²) in [6, 6.07) is 11.1. The van der Waals surface area contributed by atoms with Crippen molar-refractivity contribution >= 4 is 54.8 Å². The van der Waals surface area contributed by atoms with E-state index in [4.69, 9.17) is 4.99 Å². The van der Waals surface area contributed by atoms with Crippen molar-refractivity contribution < 1.29 is 13.5 Å². The Morgan fingerprint density at radius 1 is 1.24 bits per heavy atom. The number of aromatic amines is 1. The topological polar surface area (TPSA) is 89.0 Å². The van der Waals surface area contributed by atoms with Crippen molar-refractivity contribution in [1.29, 1.82) is 0 Å². The zero-order valence-corrected chi connectivity index (χ0v) is 20.9. The molecule has 3 aromatic rings. The molecule has 0 amide bonds. The Morgan fingerprint density at radius 3 is 2.82 bits per heavy atom. The van der Waals surface area contributed by atoms with E-state index >= 15 is 0 Å². The number of anilines is 1. The van der Waals surface area contributed by atoms with Crippen LogP contribution in [-0.2, 0) is 10.0 Å². The molecule has 2 N–H and O–H groups in total. The molecule has 1 fully saturated rings. The molecule has 2 aromatic heterocycles. The molecule has 2 aliphatic rings. The molecule has 1 aromatic carbocycles. The first-order valence-corrected chi connectivity index (χ1v) is 14.4. The predicted molar refractivity (Wildman–Crippen MR) is 137 cm³/mol. The van der Waals surface area contributed by atoms with Crippen molar-refractivity contribution in [3.8, 4) is 0 Å². The second-order valence-corrected chi connectivity index (χ2v) is 13.0. The summed E-state index contributed by atoms with van der Waals surface area (Å²) in [5.41, 5.74) is 2.36. The molecule has 1 atom stereocenters. The first-order chi connectivity index (χ1) is 15.9. The van der Waals surface area contributed by atoms with Crippen LogP contribution in [0.25, 0.3) is 10.9 Å². The number of hydrogen-bond acceptors (Lipinski definition) is 7. The van der Waals surface area contributed by atoms with Crippen molar-refractivity contribution in [2.45, 2.75) is 34.8 Å². The Hall–Kier alpha value is -1.85. The molecule has 176 valence electrons. The zero-order valence-electron chi connectivity index (χ0n) is 18.5. The van der Waals surface area contributed by atoms with Gasteiger partial charge in [0.1, 0.15) is 9.25 Å². The molecular formula is C23H28N4O3S3. The fourth-order valence-corrected chi connectivity index (χ4v) is 7.82. The number of para-hydroxylation sites is 1. The number of piperidine rings is 1. The van der Waals surface area contributed by atoms with E-state index in [1.54, 1.807) is 36.3 Å². The van der Waals surface area contributed by atoms with Crippen LogP contribution in [0.3, 0.4) is 0 Å². The van der Waals surface area contributed by atoms with E-state index in [-0.39, 0.29) is 6.10 Å². The molecule has 33 heavy (non-hydrogen) atoms. The van der Waals surface area contributed by atoms with Gasteiger partial charge < -0.3 is 15.0 Å².